The third kappa shape index (κ3) is 5.71. The minimum atomic E-state index is -0.671. The van der Waals surface area contributed by atoms with Crippen molar-refractivity contribution in [3.8, 4) is 0 Å². The molecular formula is C20H22FNO3. The summed E-state index contributed by atoms with van der Waals surface area (Å²) in [7, 11) is 0. The van der Waals surface area contributed by atoms with Crippen LogP contribution < -0.4 is 5.32 Å². The average Bonchev–Trinajstić information content (AvgIpc) is 2.54. The lowest BCUT2D eigenvalue weighted by molar-refractivity contribution is -0.147. The molecular weight excluding hydrogens is 321 g/mol. The summed E-state index contributed by atoms with van der Waals surface area (Å²) in [5.74, 6) is -1.20. The molecule has 0 aromatic heterocycles. The summed E-state index contributed by atoms with van der Waals surface area (Å²) in [5, 5.41) is 2.79. The molecule has 5 heteroatoms. The predicted octanol–water partition coefficient (Wildman–Crippen LogP) is 3.95. The van der Waals surface area contributed by atoms with Gasteiger partial charge in [0.05, 0.1) is 18.6 Å². The van der Waals surface area contributed by atoms with Gasteiger partial charge in [-0.15, -0.1) is 0 Å². The molecule has 0 spiro atoms. The van der Waals surface area contributed by atoms with Crippen LogP contribution >= 0.6 is 0 Å². The summed E-state index contributed by atoms with van der Waals surface area (Å²) in [5.41, 5.74) is 2.03. The molecule has 0 aliphatic heterocycles. The molecule has 1 amide bonds. The fourth-order valence-electron chi connectivity index (χ4n) is 2.40. The van der Waals surface area contributed by atoms with Gasteiger partial charge in [0.1, 0.15) is 5.82 Å². The van der Waals surface area contributed by atoms with Crippen LogP contribution in [0.5, 0.6) is 0 Å². The van der Waals surface area contributed by atoms with E-state index in [-0.39, 0.29) is 18.4 Å². The molecule has 1 unspecified atom stereocenters. The van der Waals surface area contributed by atoms with Gasteiger partial charge in [0.25, 0.3) is 5.91 Å². The fourth-order valence-corrected chi connectivity index (χ4v) is 2.40. The van der Waals surface area contributed by atoms with E-state index in [2.05, 4.69) is 5.32 Å². The predicted molar refractivity (Wildman–Crippen MR) is 93.6 cm³/mol. The van der Waals surface area contributed by atoms with Gasteiger partial charge in [-0.1, -0.05) is 29.8 Å². The lowest BCUT2D eigenvalue weighted by Crippen LogP contribution is -2.31. The molecule has 2 aromatic carbocycles. The second kappa shape index (κ2) is 8.42. The molecule has 0 fully saturated rings. The van der Waals surface area contributed by atoms with Crippen LogP contribution in [-0.4, -0.2) is 18.0 Å². The van der Waals surface area contributed by atoms with E-state index in [4.69, 9.17) is 4.74 Å². The Morgan fingerprint density at radius 2 is 1.80 bits per heavy atom. The maximum atomic E-state index is 13.6. The summed E-state index contributed by atoms with van der Waals surface area (Å²) < 4.78 is 18.7. The van der Waals surface area contributed by atoms with Crippen molar-refractivity contribution in [2.45, 2.75) is 39.3 Å². The highest BCUT2D eigenvalue weighted by molar-refractivity contribution is 5.94. The normalized spacial score (nSPS) is 11.9. The Labute approximate surface area is 147 Å². The molecule has 0 saturated heterocycles. The number of carbonyl (C=O) groups is 2. The Balaban J connectivity index is 2.20. The first-order chi connectivity index (χ1) is 11.8. The van der Waals surface area contributed by atoms with Gasteiger partial charge in [0.2, 0.25) is 0 Å². The molecule has 132 valence electrons. The largest absolute Gasteiger partial charge is 0.463 e. The first-order valence-electron chi connectivity index (χ1n) is 8.17. The van der Waals surface area contributed by atoms with Gasteiger partial charge in [-0.2, -0.15) is 0 Å². The number of halogens is 1. The quantitative estimate of drug-likeness (QED) is 0.808. The molecule has 1 atom stereocenters. The molecule has 0 aliphatic carbocycles. The van der Waals surface area contributed by atoms with Gasteiger partial charge in [0.15, 0.2) is 0 Å². The second-order valence-corrected chi connectivity index (χ2v) is 6.19. The zero-order valence-electron chi connectivity index (χ0n) is 14.6. The smallest absolute Gasteiger partial charge is 0.308 e. The van der Waals surface area contributed by atoms with E-state index in [0.29, 0.717) is 11.1 Å². The Kier molecular flexibility index (Phi) is 6.28. The summed E-state index contributed by atoms with van der Waals surface area (Å²) in [6, 6.07) is 12.3. The van der Waals surface area contributed by atoms with E-state index >= 15 is 0 Å². The summed E-state index contributed by atoms with van der Waals surface area (Å²) in [6.45, 7) is 5.43. The first-order valence-corrected chi connectivity index (χ1v) is 8.17. The van der Waals surface area contributed by atoms with Crippen molar-refractivity contribution >= 4 is 11.9 Å². The van der Waals surface area contributed by atoms with Gasteiger partial charge in [0, 0.05) is 5.56 Å². The van der Waals surface area contributed by atoms with Gasteiger partial charge < -0.3 is 10.1 Å². The van der Waals surface area contributed by atoms with Gasteiger partial charge in [-0.25, -0.2) is 4.39 Å². The SMILES string of the molecule is Cc1ccc(C(=O)NC(CC(=O)OC(C)C)c2cccc(F)c2)cc1. The minimum absolute atomic E-state index is 0.0702. The minimum Gasteiger partial charge on any atom is -0.463 e. The van der Waals surface area contributed by atoms with Crippen LogP contribution in [0.3, 0.4) is 0 Å². The Bertz CT molecular complexity index is 741. The summed E-state index contributed by atoms with van der Waals surface area (Å²) in [6.07, 6.45) is -0.326. The van der Waals surface area contributed by atoms with E-state index in [1.54, 1.807) is 38.1 Å². The lowest BCUT2D eigenvalue weighted by Gasteiger charge is -2.19. The van der Waals surface area contributed by atoms with E-state index in [9.17, 15) is 14.0 Å². The van der Waals surface area contributed by atoms with Gasteiger partial charge in [-0.3, -0.25) is 9.59 Å². The second-order valence-electron chi connectivity index (χ2n) is 6.19. The van der Waals surface area contributed by atoms with E-state index in [0.717, 1.165) is 5.56 Å². The van der Waals surface area contributed by atoms with E-state index in [1.807, 2.05) is 19.1 Å². The molecule has 0 radical (unpaired) electrons. The summed E-state index contributed by atoms with van der Waals surface area (Å²) in [4.78, 5) is 24.5. The molecule has 4 nitrogen and oxygen atoms in total. The number of hydrogen-bond acceptors (Lipinski definition) is 3. The summed E-state index contributed by atoms with van der Waals surface area (Å²) >= 11 is 0. The van der Waals surface area contributed by atoms with Crippen molar-refractivity contribution in [1.82, 2.24) is 5.32 Å². The number of benzene rings is 2. The molecule has 2 aromatic rings. The average molecular weight is 343 g/mol. The van der Waals surface area contributed by atoms with Crippen LogP contribution in [0, 0.1) is 12.7 Å². The zero-order valence-corrected chi connectivity index (χ0v) is 14.6. The van der Waals surface area contributed by atoms with Crippen LogP contribution in [0.25, 0.3) is 0 Å². The molecule has 0 aliphatic rings. The van der Waals surface area contributed by atoms with Crippen LogP contribution in [0.2, 0.25) is 0 Å². The molecule has 25 heavy (non-hydrogen) atoms. The number of aryl methyl sites for hydroxylation is 1. The highest BCUT2D eigenvalue weighted by Crippen LogP contribution is 2.20. The maximum Gasteiger partial charge on any atom is 0.308 e. The van der Waals surface area contributed by atoms with E-state index in [1.165, 1.54) is 12.1 Å². The van der Waals surface area contributed by atoms with Crippen LogP contribution in [0.4, 0.5) is 4.39 Å². The molecule has 0 saturated carbocycles. The highest BCUT2D eigenvalue weighted by Gasteiger charge is 2.21. The third-order valence-corrected chi connectivity index (χ3v) is 3.61. The Hall–Kier alpha value is -2.69. The monoisotopic (exact) mass is 343 g/mol. The maximum absolute atomic E-state index is 13.6. The highest BCUT2D eigenvalue weighted by atomic mass is 19.1. The van der Waals surface area contributed by atoms with Crippen LogP contribution in [0.1, 0.15) is 47.8 Å². The fraction of sp³-hybridized carbons (Fsp3) is 0.300. The van der Waals surface area contributed by atoms with Gasteiger partial charge >= 0.3 is 5.97 Å². The number of hydrogen-bond donors (Lipinski definition) is 1. The van der Waals surface area contributed by atoms with Gasteiger partial charge in [-0.05, 0) is 50.6 Å². The molecule has 1 N–H and O–H groups in total. The van der Waals surface area contributed by atoms with Crippen molar-refractivity contribution in [2.75, 3.05) is 0 Å². The molecule has 2 rings (SSSR count). The standard InChI is InChI=1S/C20H22FNO3/c1-13(2)25-19(23)12-18(16-5-4-6-17(21)11-16)22-20(24)15-9-7-14(3)8-10-15/h4-11,13,18H,12H2,1-3H3,(H,22,24). The number of carbonyl (C=O) groups excluding carboxylic acids is 2. The zero-order chi connectivity index (χ0) is 18.4. The number of ether oxygens (including phenoxy) is 1. The molecule has 0 heterocycles. The van der Waals surface area contributed by atoms with Crippen molar-refractivity contribution in [3.63, 3.8) is 0 Å². The third-order valence-electron chi connectivity index (χ3n) is 3.61. The lowest BCUT2D eigenvalue weighted by atomic mass is 10.0. The Morgan fingerprint density at radius 3 is 2.40 bits per heavy atom. The Morgan fingerprint density at radius 1 is 1.12 bits per heavy atom. The first kappa shape index (κ1) is 18.6. The topological polar surface area (TPSA) is 55.4 Å². The van der Waals surface area contributed by atoms with Crippen molar-refractivity contribution < 1.29 is 18.7 Å². The number of esters is 1. The number of rotatable bonds is 6. The van der Waals surface area contributed by atoms with Crippen LogP contribution in [0.15, 0.2) is 48.5 Å². The van der Waals surface area contributed by atoms with Crippen molar-refractivity contribution in [2.24, 2.45) is 0 Å². The number of amides is 1. The van der Waals surface area contributed by atoms with Crippen LogP contribution in [-0.2, 0) is 9.53 Å². The molecule has 0 bridgehead atoms. The number of nitrogens with one attached hydrogen (secondary N) is 1. The van der Waals surface area contributed by atoms with Crippen molar-refractivity contribution in [3.05, 3.63) is 71.0 Å². The van der Waals surface area contributed by atoms with Crippen molar-refractivity contribution in [1.29, 1.82) is 0 Å². The van der Waals surface area contributed by atoms with E-state index < -0.39 is 17.8 Å².